The molecule has 3 aliphatic carbocycles. The number of nitrogens with zero attached hydrogens (tertiary/aromatic N) is 1. The number of phenolic OH excluding ortho intramolecular Hbond substituents is 1. The van der Waals surface area contributed by atoms with Crippen LogP contribution in [0.25, 0.3) is 0 Å². The maximum atomic E-state index is 13.8. The molecular formula is C26H30N2O7. The Balaban J connectivity index is 1.57. The number of aromatic hydroxyl groups is 1. The average molecular weight is 483 g/mol. The van der Waals surface area contributed by atoms with Crippen molar-refractivity contribution in [1.29, 1.82) is 0 Å². The fourth-order valence-corrected chi connectivity index (χ4v) is 6.79. The summed E-state index contributed by atoms with van der Waals surface area (Å²) < 4.78 is 0. The number of primary amides is 1. The van der Waals surface area contributed by atoms with Crippen LogP contribution < -0.4 is 5.73 Å². The number of Topliss-reactive ketones (excluding diaryl/α,β-unsaturated/α-hetero) is 4. The number of hydrogen-bond acceptors (Lipinski definition) is 8. The molecule has 5 atom stereocenters. The molecule has 4 aliphatic rings. The van der Waals surface area contributed by atoms with E-state index in [4.69, 9.17) is 5.73 Å². The SMILES string of the molecule is CCc1cc(CN2CCCC2)c(O)c2c1C[C@H]1C[C@H]3CC(=O)C(C(N)=O)C(=O)[C@@]3(O)C(=O)C1C2=O. The number of aryl methyl sites for hydroxylation is 1. The summed E-state index contributed by atoms with van der Waals surface area (Å²) in [5.41, 5.74) is 4.96. The third-order valence-electron chi connectivity index (χ3n) is 8.55. The van der Waals surface area contributed by atoms with Crippen LogP contribution in [0.15, 0.2) is 6.07 Å². The summed E-state index contributed by atoms with van der Waals surface area (Å²) in [4.78, 5) is 66.8. The normalized spacial score (nSPS) is 32.9. The highest BCUT2D eigenvalue weighted by atomic mass is 16.3. The Morgan fingerprint density at radius 3 is 2.43 bits per heavy atom. The monoisotopic (exact) mass is 482 g/mol. The minimum Gasteiger partial charge on any atom is -0.507 e. The number of carbonyl (C=O) groups is 5. The highest BCUT2D eigenvalue weighted by Gasteiger charge is 2.66. The van der Waals surface area contributed by atoms with Gasteiger partial charge in [-0.1, -0.05) is 13.0 Å². The largest absolute Gasteiger partial charge is 0.507 e. The van der Waals surface area contributed by atoms with Gasteiger partial charge >= 0.3 is 0 Å². The molecule has 1 heterocycles. The summed E-state index contributed by atoms with van der Waals surface area (Å²) in [5, 5.41) is 22.5. The molecular weight excluding hydrogens is 452 g/mol. The Hall–Kier alpha value is -2.91. The van der Waals surface area contributed by atoms with Crippen LogP contribution in [0.5, 0.6) is 5.75 Å². The van der Waals surface area contributed by atoms with Crippen LogP contribution in [-0.4, -0.2) is 62.8 Å². The topological polar surface area (TPSA) is 155 Å². The number of ketones is 4. The number of phenols is 1. The fourth-order valence-electron chi connectivity index (χ4n) is 6.79. The number of likely N-dealkylation sites (tertiary alicyclic amines) is 1. The quantitative estimate of drug-likeness (QED) is 0.524. The van der Waals surface area contributed by atoms with Gasteiger partial charge in [0.05, 0.1) is 11.5 Å². The average Bonchev–Trinajstić information content (AvgIpc) is 3.31. The molecule has 5 rings (SSSR count). The maximum Gasteiger partial charge on any atom is 0.235 e. The Morgan fingerprint density at radius 1 is 1.11 bits per heavy atom. The van der Waals surface area contributed by atoms with Crippen molar-refractivity contribution in [2.75, 3.05) is 13.1 Å². The van der Waals surface area contributed by atoms with E-state index < -0.39 is 58.3 Å². The van der Waals surface area contributed by atoms with E-state index in [9.17, 15) is 34.2 Å². The van der Waals surface area contributed by atoms with Gasteiger partial charge in [-0.25, -0.2) is 0 Å². The third kappa shape index (κ3) is 3.39. The Kier molecular flexibility index (Phi) is 5.68. The Labute approximate surface area is 202 Å². The molecule has 2 unspecified atom stereocenters. The second kappa shape index (κ2) is 8.34. The highest BCUT2D eigenvalue weighted by Crippen LogP contribution is 2.50. The van der Waals surface area contributed by atoms with E-state index in [0.717, 1.165) is 31.5 Å². The van der Waals surface area contributed by atoms with Crippen molar-refractivity contribution in [2.24, 2.45) is 29.4 Å². The lowest BCUT2D eigenvalue weighted by molar-refractivity contribution is -0.175. The number of nitrogens with two attached hydrogens (primary N) is 1. The van der Waals surface area contributed by atoms with Crippen LogP contribution in [0, 0.1) is 23.7 Å². The summed E-state index contributed by atoms with van der Waals surface area (Å²) in [7, 11) is 0. The van der Waals surface area contributed by atoms with Gasteiger partial charge in [0, 0.05) is 24.4 Å². The second-order valence-electron chi connectivity index (χ2n) is 10.5. The van der Waals surface area contributed by atoms with Gasteiger partial charge in [0.2, 0.25) is 5.91 Å². The summed E-state index contributed by atoms with van der Waals surface area (Å²) in [6.07, 6.45) is 2.90. The molecule has 1 aliphatic heterocycles. The van der Waals surface area contributed by atoms with E-state index in [2.05, 4.69) is 4.90 Å². The van der Waals surface area contributed by atoms with Crippen molar-refractivity contribution in [1.82, 2.24) is 4.90 Å². The second-order valence-corrected chi connectivity index (χ2v) is 10.5. The lowest BCUT2D eigenvalue weighted by atomic mass is 9.53. The van der Waals surface area contributed by atoms with E-state index >= 15 is 0 Å². The summed E-state index contributed by atoms with van der Waals surface area (Å²) in [6, 6.07) is 1.94. The van der Waals surface area contributed by atoms with Crippen LogP contribution in [0.4, 0.5) is 0 Å². The molecule has 9 heteroatoms. The van der Waals surface area contributed by atoms with E-state index in [-0.39, 0.29) is 24.2 Å². The first-order valence-corrected chi connectivity index (χ1v) is 12.4. The molecule has 1 amide bonds. The third-order valence-corrected chi connectivity index (χ3v) is 8.55. The number of benzene rings is 1. The smallest absolute Gasteiger partial charge is 0.235 e. The molecule has 1 aromatic carbocycles. The van der Waals surface area contributed by atoms with Gasteiger partial charge in [0.25, 0.3) is 0 Å². The van der Waals surface area contributed by atoms with E-state index in [1.165, 1.54) is 0 Å². The van der Waals surface area contributed by atoms with Gasteiger partial charge in [-0.2, -0.15) is 0 Å². The molecule has 0 bridgehead atoms. The molecule has 0 aromatic heterocycles. The molecule has 4 N–H and O–H groups in total. The number of carbonyl (C=O) groups excluding carboxylic acids is 5. The van der Waals surface area contributed by atoms with E-state index in [1.54, 1.807) is 0 Å². The lowest BCUT2D eigenvalue weighted by Gasteiger charge is -2.48. The predicted molar refractivity (Wildman–Crippen MR) is 122 cm³/mol. The van der Waals surface area contributed by atoms with Crippen LogP contribution >= 0.6 is 0 Å². The first-order valence-electron chi connectivity index (χ1n) is 12.4. The number of rotatable bonds is 4. The zero-order chi connectivity index (χ0) is 25.2. The molecule has 0 spiro atoms. The molecule has 1 aromatic rings. The summed E-state index contributed by atoms with van der Waals surface area (Å²) in [6.45, 7) is 4.28. The minimum atomic E-state index is -2.61. The van der Waals surface area contributed by atoms with E-state index in [0.29, 0.717) is 30.5 Å². The summed E-state index contributed by atoms with van der Waals surface area (Å²) >= 11 is 0. The lowest BCUT2D eigenvalue weighted by Crippen LogP contribution is -2.68. The first kappa shape index (κ1) is 23.8. The highest BCUT2D eigenvalue weighted by molar-refractivity contribution is 6.31. The van der Waals surface area contributed by atoms with Gasteiger partial charge in [-0.05, 0) is 62.2 Å². The van der Waals surface area contributed by atoms with Gasteiger partial charge in [0.1, 0.15) is 5.75 Å². The maximum absolute atomic E-state index is 13.8. The van der Waals surface area contributed by atoms with Crippen LogP contribution in [0.3, 0.4) is 0 Å². The molecule has 1 saturated heterocycles. The van der Waals surface area contributed by atoms with Gasteiger partial charge in [-0.15, -0.1) is 0 Å². The molecule has 35 heavy (non-hydrogen) atoms. The van der Waals surface area contributed by atoms with Gasteiger partial charge in [0.15, 0.2) is 34.7 Å². The number of hydrogen-bond donors (Lipinski definition) is 3. The Bertz CT molecular complexity index is 1170. The molecule has 9 nitrogen and oxygen atoms in total. The number of aliphatic hydroxyl groups is 1. The molecule has 2 saturated carbocycles. The molecule has 0 radical (unpaired) electrons. The summed E-state index contributed by atoms with van der Waals surface area (Å²) in [5.74, 6) is -9.61. The predicted octanol–water partition coefficient (Wildman–Crippen LogP) is 0.485. The van der Waals surface area contributed by atoms with Crippen molar-refractivity contribution >= 4 is 29.0 Å². The standard InChI is InChI=1S/C26H30N2O7/c1-2-12-7-14(11-28-5-3-4-6-28)21(30)19-16(12)9-13-8-15-10-17(29)20(25(27)34)24(33)26(15,35)23(32)18(13)22(19)31/h7,13,15,18,20,30,35H,2-6,8-11H2,1H3,(H2,27,34)/t13-,15+,18?,20?,26+/m1/s1. The van der Waals surface area contributed by atoms with Crippen LogP contribution in [-0.2, 0) is 38.6 Å². The zero-order valence-electron chi connectivity index (χ0n) is 19.7. The van der Waals surface area contributed by atoms with E-state index in [1.807, 2.05) is 13.0 Å². The molecule has 186 valence electrons. The minimum absolute atomic E-state index is 0.0981. The van der Waals surface area contributed by atoms with Crippen molar-refractivity contribution in [3.05, 3.63) is 28.3 Å². The van der Waals surface area contributed by atoms with Crippen molar-refractivity contribution in [2.45, 2.75) is 57.6 Å². The van der Waals surface area contributed by atoms with Crippen molar-refractivity contribution < 1.29 is 34.2 Å². The fraction of sp³-hybridized carbons (Fsp3) is 0.577. The van der Waals surface area contributed by atoms with Crippen LogP contribution in [0.1, 0.15) is 59.7 Å². The van der Waals surface area contributed by atoms with Gasteiger partial charge in [-0.3, -0.25) is 28.9 Å². The van der Waals surface area contributed by atoms with Gasteiger partial charge < -0.3 is 15.9 Å². The van der Waals surface area contributed by atoms with Crippen molar-refractivity contribution in [3.8, 4) is 5.75 Å². The van der Waals surface area contributed by atoms with Crippen molar-refractivity contribution in [3.63, 3.8) is 0 Å². The first-order chi connectivity index (χ1) is 16.6. The van der Waals surface area contributed by atoms with Crippen LogP contribution in [0.2, 0.25) is 0 Å². The zero-order valence-corrected chi connectivity index (χ0v) is 19.7. The Morgan fingerprint density at radius 2 is 1.80 bits per heavy atom. The number of fused-ring (bicyclic) bond motifs is 3. The molecule has 3 fully saturated rings. The number of amides is 1.